The second kappa shape index (κ2) is 14.6. The number of aryl methyl sites for hydroxylation is 2. The third-order valence-corrected chi connectivity index (χ3v) is 11.5. The molecule has 0 unspecified atom stereocenters. The van der Waals surface area contributed by atoms with Crippen LogP contribution in [-0.4, -0.2) is 77.0 Å². The number of aromatic hydroxyl groups is 1. The summed E-state index contributed by atoms with van der Waals surface area (Å²) in [5.74, 6) is 1.02. The van der Waals surface area contributed by atoms with Crippen molar-refractivity contribution in [2.75, 3.05) is 44.5 Å². The number of hydrogen-bond donors (Lipinski definition) is 1. The monoisotopic (exact) mass is 738 g/mol. The van der Waals surface area contributed by atoms with E-state index in [1.54, 1.807) is 29.2 Å². The summed E-state index contributed by atoms with van der Waals surface area (Å²) in [4.78, 5) is 36.4. The molecule has 10 nitrogen and oxygen atoms in total. The fraction of sp³-hybridized carbons (Fsp3) is 0.333. The van der Waals surface area contributed by atoms with E-state index in [-0.39, 0.29) is 30.4 Å². The van der Waals surface area contributed by atoms with Crippen molar-refractivity contribution in [3.8, 4) is 28.5 Å². The molecule has 0 spiro atoms. The number of rotatable bonds is 7. The Bertz CT molecular complexity index is 2210. The van der Waals surface area contributed by atoms with Gasteiger partial charge in [0.1, 0.15) is 5.75 Å². The van der Waals surface area contributed by atoms with Gasteiger partial charge in [-0.2, -0.15) is 0 Å². The molecule has 4 aromatic carbocycles. The first-order valence-corrected chi connectivity index (χ1v) is 19.4. The van der Waals surface area contributed by atoms with Gasteiger partial charge in [-0.15, -0.1) is 0 Å². The number of carbonyl (C=O) groups excluding carboxylic acids is 2. The van der Waals surface area contributed by atoms with Crippen LogP contribution < -0.4 is 14.4 Å². The van der Waals surface area contributed by atoms with Crippen molar-refractivity contribution in [1.82, 2.24) is 14.4 Å². The molecular weight excluding hydrogens is 693 g/mol. The zero-order valence-corrected chi connectivity index (χ0v) is 31.4. The molecule has 1 fully saturated rings. The average Bonchev–Trinajstić information content (AvgIpc) is 3.83. The van der Waals surface area contributed by atoms with Gasteiger partial charge in [-0.25, -0.2) is 0 Å². The largest absolute Gasteiger partial charge is 0.508 e. The van der Waals surface area contributed by atoms with Gasteiger partial charge >= 0.3 is 0 Å². The maximum absolute atomic E-state index is 15.3. The fourth-order valence-electron chi connectivity index (χ4n) is 8.63. The third-order valence-electron chi connectivity index (χ3n) is 11.5. The van der Waals surface area contributed by atoms with Gasteiger partial charge in [-0.3, -0.25) is 19.4 Å². The molecule has 5 aromatic rings. The second-order valence-corrected chi connectivity index (χ2v) is 15.2. The second-order valence-electron chi connectivity index (χ2n) is 15.2. The lowest BCUT2D eigenvalue weighted by atomic mass is 9.91. The molecule has 1 N–H and O–H groups in total. The molecule has 10 heteroatoms. The van der Waals surface area contributed by atoms with Crippen LogP contribution in [0.25, 0.3) is 11.3 Å². The van der Waals surface area contributed by atoms with E-state index in [4.69, 9.17) is 14.2 Å². The van der Waals surface area contributed by atoms with Crippen LogP contribution >= 0.6 is 0 Å². The molecule has 2 amide bonds. The molecule has 55 heavy (non-hydrogen) atoms. The van der Waals surface area contributed by atoms with Crippen molar-refractivity contribution in [1.29, 1.82) is 0 Å². The normalized spacial score (nSPS) is 17.8. The Kier molecular flexibility index (Phi) is 9.31. The van der Waals surface area contributed by atoms with Gasteiger partial charge in [0.05, 0.1) is 24.3 Å². The first-order valence-electron chi connectivity index (χ1n) is 19.4. The zero-order chi connectivity index (χ0) is 37.6. The van der Waals surface area contributed by atoms with Crippen LogP contribution in [0.5, 0.6) is 17.2 Å². The Labute approximate surface area is 321 Å². The number of aromatic nitrogens is 1. The van der Waals surface area contributed by atoms with Gasteiger partial charge in [-0.05, 0) is 105 Å². The summed E-state index contributed by atoms with van der Waals surface area (Å²) in [6.45, 7) is 9.24. The van der Waals surface area contributed by atoms with E-state index in [0.29, 0.717) is 48.1 Å². The van der Waals surface area contributed by atoms with E-state index in [2.05, 4.69) is 34.6 Å². The Morgan fingerprint density at radius 3 is 2.25 bits per heavy atom. The molecule has 4 aliphatic heterocycles. The molecule has 0 bridgehead atoms. The molecule has 1 atom stereocenters. The van der Waals surface area contributed by atoms with Crippen molar-refractivity contribution < 1.29 is 28.9 Å². The molecule has 0 radical (unpaired) electrons. The highest BCUT2D eigenvalue weighted by molar-refractivity contribution is 6.13. The lowest BCUT2D eigenvalue weighted by Gasteiger charge is -2.41. The van der Waals surface area contributed by atoms with Crippen LogP contribution in [0.1, 0.15) is 61.5 Å². The molecule has 4 aliphatic rings. The van der Waals surface area contributed by atoms with E-state index < -0.39 is 0 Å². The molecule has 0 aliphatic carbocycles. The molecule has 5 heterocycles. The Balaban J connectivity index is 1.15. The highest BCUT2D eigenvalue weighted by atomic mass is 16.7. The SMILES string of the molecule is Cc1ccc(N(C(=O)c2cc(-c3cc4c(cc3C(=O)N3Cc5cc(C)ccc5C[C@H]3CN3CCOCC3)OCO4)n3c2CCCC3)c2ccc(O)cc2)cc1. The topological polar surface area (TPSA) is 96.7 Å². The van der Waals surface area contributed by atoms with E-state index in [1.807, 2.05) is 54.3 Å². The van der Waals surface area contributed by atoms with Crippen molar-refractivity contribution >= 4 is 23.2 Å². The quantitative estimate of drug-likeness (QED) is 0.186. The molecule has 1 saturated heterocycles. The number of phenols is 1. The summed E-state index contributed by atoms with van der Waals surface area (Å²) in [7, 11) is 0. The third kappa shape index (κ3) is 6.74. The highest BCUT2D eigenvalue weighted by Gasteiger charge is 2.36. The van der Waals surface area contributed by atoms with Crippen LogP contribution in [-0.2, 0) is 30.7 Å². The molecule has 9 rings (SSSR count). The maximum atomic E-state index is 15.3. The van der Waals surface area contributed by atoms with Crippen molar-refractivity contribution in [2.45, 2.75) is 58.7 Å². The number of anilines is 2. The van der Waals surface area contributed by atoms with Crippen molar-refractivity contribution in [3.63, 3.8) is 0 Å². The Morgan fingerprint density at radius 1 is 0.782 bits per heavy atom. The van der Waals surface area contributed by atoms with Gasteiger partial charge in [0.15, 0.2) is 11.5 Å². The number of hydrogen-bond acceptors (Lipinski definition) is 7. The van der Waals surface area contributed by atoms with Crippen LogP contribution in [0.3, 0.4) is 0 Å². The number of benzene rings is 4. The van der Waals surface area contributed by atoms with Gasteiger partial charge < -0.3 is 28.8 Å². The minimum atomic E-state index is -0.173. The van der Waals surface area contributed by atoms with E-state index >= 15 is 4.79 Å². The first-order chi connectivity index (χ1) is 26.8. The summed E-state index contributed by atoms with van der Waals surface area (Å²) >= 11 is 0. The summed E-state index contributed by atoms with van der Waals surface area (Å²) in [6, 6.07) is 26.9. The number of morpholine rings is 1. The Hall–Kier alpha value is -5.58. The molecule has 282 valence electrons. The number of fused-ring (bicyclic) bond motifs is 3. The van der Waals surface area contributed by atoms with Crippen LogP contribution in [0, 0.1) is 13.8 Å². The number of ether oxygens (including phenoxy) is 3. The van der Waals surface area contributed by atoms with E-state index in [9.17, 15) is 9.90 Å². The lowest BCUT2D eigenvalue weighted by Crippen LogP contribution is -2.52. The maximum Gasteiger partial charge on any atom is 0.264 e. The van der Waals surface area contributed by atoms with Crippen LogP contribution in [0.15, 0.2) is 84.9 Å². The van der Waals surface area contributed by atoms with Gasteiger partial charge in [0.25, 0.3) is 11.8 Å². The summed E-state index contributed by atoms with van der Waals surface area (Å²) in [5.41, 5.74) is 9.70. The lowest BCUT2D eigenvalue weighted by molar-refractivity contribution is 0.0193. The fourth-order valence-corrected chi connectivity index (χ4v) is 8.63. The summed E-state index contributed by atoms with van der Waals surface area (Å²) in [6.07, 6.45) is 3.41. The predicted octanol–water partition coefficient (Wildman–Crippen LogP) is 7.42. The minimum Gasteiger partial charge on any atom is -0.508 e. The predicted molar refractivity (Wildman–Crippen MR) is 210 cm³/mol. The van der Waals surface area contributed by atoms with E-state index in [1.165, 1.54) is 16.7 Å². The highest BCUT2D eigenvalue weighted by Crippen LogP contribution is 2.43. The number of nitrogens with zero attached hydrogens (tertiary/aromatic N) is 4. The average molecular weight is 739 g/mol. The van der Waals surface area contributed by atoms with Gasteiger partial charge in [0, 0.05) is 67.1 Å². The number of amides is 2. The van der Waals surface area contributed by atoms with Crippen LogP contribution in [0.4, 0.5) is 11.4 Å². The molecule has 1 aromatic heterocycles. The first kappa shape index (κ1) is 35.1. The number of carbonyl (C=O) groups is 2. The smallest absolute Gasteiger partial charge is 0.264 e. The van der Waals surface area contributed by atoms with Gasteiger partial charge in [0.2, 0.25) is 6.79 Å². The van der Waals surface area contributed by atoms with E-state index in [0.717, 1.165) is 80.1 Å². The molecular formula is C45H46N4O6. The summed E-state index contributed by atoms with van der Waals surface area (Å²) in [5, 5.41) is 10.1. The zero-order valence-electron chi connectivity index (χ0n) is 31.4. The minimum absolute atomic E-state index is 0.0363. The summed E-state index contributed by atoms with van der Waals surface area (Å²) < 4.78 is 19.7. The van der Waals surface area contributed by atoms with Crippen LogP contribution in [0.2, 0.25) is 0 Å². The number of phenolic OH excluding ortho intramolecular Hbond substituents is 1. The molecule has 0 saturated carbocycles. The standard InChI is InChI=1S/C45H46N4O6/c1-29-7-10-33(11-8-29)49(34-12-14-36(50)15-13-34)45(52)39-23-41(47-16-4-3-5-40(39)47)37-24-42-43(55-28-54-42)25-38(37)44(51)48-26-32-21-30(2)6-9-31(32)22-35(48)27-46-17-19-53-20-18-46/h6-15,21,23-25,35,50H,3-5,16-20,22,26-28H2,1-2H3/t35-/m0/s1. The van der Waals surface area contributed by atoms with Gasteiger partial charge in [-0.1, -0.05) is 41.5 Å². The Morgan fingerprint density at radius 2 is 1.49 bits per heavy atom. The van der Waals surface area contributed by atoms with Crippen molar-refractivity contribution in [2.24, 2.45) is 0 Å². The van der Waals surface area contributed by atoms with Crippen molar-refractivity contribution in [3.05, 3.63) is 124 Å².